The summed E-state index contributed by atoms with van der Waals surface area (Å²) >= 11 is 0. The first-order valence-electron chi connectivity index (χ1n) is 13.4. The van der Waals surface area contributed by atoms with Gasteiger partial charge in [-0.2, -0.15) is 0 Å². The predicted molar refractivity (Wildman–Crippen MR) is 123 cm³/mol. The first-order valence-corrected chi connectivity index (χ1v) is 13.4. The van der Waals surface area contributed by atoms with E-state index in [4.69, 9.17) is 0 Å². The van der Waals surface area contributed by atoms with Gasteiger partial charge in [0, 0.05) is 6.04 Å². The zero-order valence-corrected chi connectivity index (χ0v) is 20.3. The number of fused-ring (bicyclic) bond motifs is 5. The van der Waals surface area contributed by atoms with Crippen molar-refractivity contribution in [2.75, 3.05) is 6.54 Å². The van der Waals surface area contributed by atoms with E-state index < -0.39 is 0 Å². The van der Waals surface area contributed by atoms with Crippen LogP contribution in [0.25, 0.3) is 0 Å². The van der Waals surface area contributed by atoms with E-state index in [0.29, 0.717) is 35.6 Å². The standard InChI is InChI=1S/C27H47NO3/c1-15-5-8-21(28-14-15)16(2)24-22(30)12-20-19-7-6-17-11-18(29)9-10-26(17,3)25(19)23(31)13-27(20,24)4/h15-25,28-31H,5-14H2,1-4H3/t15?,16?,17?,18?,19-,20-,21?,22?,23?,24?,25+,26-,27-/m0/s1. The van der Waals surface area contributed by atoms with Crippen LogP contribution in [-0.2, 0) is 0 Å². The number of hydrogen-bond acceptors (Lipinski definition) is 4. The Kier molecular flexibility index (Phi) is 5.81. The molecule has 5 rings (SSSR count). The fraction of sp³-hybridized carbons (Fsp3) is 1.00. The third-order valence-corrected chi connectivity index (χ3v) is 11.6. The smallest absolute Gasteiger partial charge is 0.0581 e. The second-order valence-corrected chi connectivity index (χ2v) is 13.2. The van der Waals surface area contributed by atoms with E-state index in [1.54, 1.807) is 0 Å². The quantitative estimate of drug-likeness (QED) is 0.532. The molecule has 0 spiro atoms. The van der Waals surface area contributed by atoms with E-state index in [2.05, 4.69) is 33.0 Å². The Labute approximate surface area is 189 Å². The molecule has 178 valence electrons. The van der Waals surface area contributed by atoms with Crippen LogP contribution in [0.5, 0.6) is 0 Å². The maximum absolute atomic E-state index is 11.7. The minimum Gasteiger partial charge on any atom is -0.393 e. The summed E-state index contributed by atoms with van der Waals surface area (Å²) in [6.07, 6.45) is 8.81. The molecule has 0 amide bonds. The molecule has 13 atom stereocenters. The van der Waals surface area contributed by atoms with Crippen LogP contribution >= 0.6 is 0 Å². The molecule has 0 bridgehead atoms. The number of rotatable bonds is 2. The van der Waals surface area contributed by atoms with Gasteiger partial charge in [-0.25, -0.2) is 0 Å². The summed E-state index contributed by atoms with van der Waals surface area (Å²) in [5.74, 6) is 3.41. The fourth-order valence-electron chi connectivity index (χ4n) is 10.1. The van der Waals surface area contributed by atoms with Gasteiger partial charge in [0.1, 0.15) is 0 Å². The van der Waals surface area contributed by atoms with Gasteiger partial charge >= 0.3 is 0 Å². The lowest BCUT2D eigenvalue weighted by Gasteiger charge is -2.62. The van der Waals surface area contributed by atoms with E-state index in [1.807, 2.05) is 0 Å². The molecule has 4 heteroatoms. The van der Waals surface area contributed by atoms with Gasteiger partial charge in [-0.1, -0.05) is 27.7 Å². The second kappa shape index (κ2) is 7.96. The first-order chi connectivity index (χ1) is 14.6. The molecule has 4 aliphatic carbocycles. The number of hydrogen-bond donors (Lipinski definition) is 4. The van der Waals surface area contributed by atoms with Crippen LogP contribution < -0.4 is 5.32 Å². The largest absolute Gasteiger partial charge is 0.393 e. The van der Waals surface area contributed by atoms with Crippen molar-refractivity contribution >= 4 is 0 Å². The van der Waals surface area contributed by atoms with Crippen LogP contribution in [-0.4, -0.2) is 46.2 Å². The maximum atomic E-state index is 11.7. The summed E-state index contributed by atoms with van der Waals surface area (Å²) in [6.45, 7) is 10.6. The van der Waals surface area contributed by atoms with Crippen LogP contribution in [0.3, 0.4) is 0 Å². The molecular weight excluding hydrogens is 386 g/mol. The molecule has 0 aromatic carbocycles. The molecule has 0 aromatic rings. The summed E-state index contributed by atoms with van der Waals surface area (Å²) < 4.78 is 0. The fourth-order valence-corrected chi connectivity index (χ4v) is 10.1. The van der Waals surface area contributed by atoms with Gasteiger partial charge in [-0.05, 0) is 117 Å². The molecule has 0 radical (unpaired) electrons. The molecule has 4 nitrogen and oxygen atoms in total. The van der Waals surface area contributed by atoms with Gasteiger partial charge in [0.05, 0.1) is 18.3 Å². The summed E-state index contributed by atoms with van der Waals surface area (Å²) in [4.78, 5) is 0. The Morgan fingerprint density at radius 2 is 1.68 bits per heavy atom. The third-order valence-electron chi connectivity index (χ3n) is 11.6. The van der Waals surface area contributed by atoms with Gasteiger partial charge in [-0.3, -0.25) is 0 Å². The van der Waals surface area contributed by atoms with Crippen molar-refractivity contribution in [1.29, 1.82) is 0 Å². The van der Waals surface area contributed by atoms with E-state index in [0.717, 1.165) is 44.6 Å². The highest BCUT2D eigenvalue weighted by atomic mass is 16.3. The molecule has 1 saturated heterocycles. The zero-order chi connectivity index (χ0) is 22.1. The van der Waals surface area contributed by atoms with Gasteiger partial charge in [0.25, 0.3) is 0 Å². The highest BCUT2D eigenvalue weighted by Crippen LogP contribution is 2.68. The SMILES string of the molecule is CC1CCC(C(C)C2C(O)C[C@H]3[C@@H]4CCC5CC(O)CC[C@]5(C)[C@H]4C(O)C[C@]23C)NC1. The van der Waals surface area contributed by atoms with E-state index in [9.17, 15) is 15.3 Å². The van der Waals surface area contributed by atoms with Gasteiger partial charge in [0.2, 0.25) is 0 Å². The van der Waals surface area contributed by atoms with E-state index in [1.165, 1.54) is 25.7 Å². The summed E-state index contributed by atoms with van der Waals surface area (Å²) in [7, 11) is 0. The highest BCUT2D eigenvalue weighted by Gasteiger charge is 2.65. The van der Waals surface area contributed by atoms with Crippen LogP contribution in [0.2, 0.25) is 0 Å². The minimum absolute atomic E-state index is 0.0293. The maximum Gasteiger partial charge on any atom is 0.0581 e. The minimum atomic E-state index is -0.270. The molecule has 4 saturated carbocycles. The van der Waals surface area contributed by atoms with Gasteiger partial charge < -0.3 is 20.6 Å². The number of piperidine rings is 1. The molecule has 1 aliphatic heterocycles. The highest BCUT2D eigenvalue weighted by molar-refractivity contribution is 5.14. The Bertz CT molecular complexity index is 663. The number of aliphatic hydroxyl groups excluding tert-OH is 3. The normalized spacial score (nSPS) is 58.2. The molecular formula is C27H47NO3. The molecule has 4 N–H and O–H groups in total. The van der Waals surface area contributed by atoms with Crippen LogP contribution in [0.15, 0.2) is 0 Å². The van der Waals surface area contributed by atoms with E-state index in [-0.39, 0.29) is 35.1 Å². The average molecular weight is 434 g/mol. The third kappa shape index (κ3) is 3.45. The van der Waals surface area contributed by atoms with Gasteiger partial charge in [0.15, 0.2) is 0 Å². The Morgan fingerprint density at radius 3 is 2.39 bits per heavy atom. The topological polar surface area (TPSA) is 72.7 Å². The summed E-state index contributed by atoms with van der Waals surface area (Å²) in [6, 6.07) is 0.495. The summed E-state index contributed by atoms with van der Waals surface area (Å²) in [5.41, 5.74) is 0.181. The lowest BCUT2D eigenvalue weighted by Crippen LogP contribution is -2.60. The molecule has 5 aliphatic rings. The first kappa shape index (κ1) is 22.6. The lowest BCUT2D eigenvalue weighted by molar-refractivity contribution is -0.181. The Balaban J connectivity index is 1.41. The monoisotopic (exact) mass is 433 g/mol. The van der Waals surface area contributed by atoms with Crippen molar-refractivity contribution in [2.45, 2.75) is 110 Å². The number of nitrogens with one attached hydrogen (secondary N) is 1. The van der Waals surface area contributed by atoms with Crippen LogP contribution in [0, 0.1) is 52.3 Å². The lowest BCUT2D eigenvalue weighted by atomic mass is 9.43. The van der Waals surface area contributed by atoms with Crippen molar-refractivity contribution in [3.8, 4) is 0 Å². The Hall–Kier alpha value is -0.160. The molecule has 0 aromatic heterocycles. The molecule has 8 unspecified atom stereocenters. The van der Waals surface area contributed by atoms with Gasteiger partial charge in [-0.15, -0.1) is 0 Å². The van der Waals surface area contributed by atoms with Crippen molar-refractivity contribution in [3.05, 3.63) is 0 Å². The average Bonchev–Trinajstić information content (AvgIpc) is 2.98. The van der Waals surface area contributed by atoms with Crippen LogP contribution in [0.4, 0.5) is 0 Å². The van der Waals surface area contributed by atoms with Crippen molar-refractivity contribution in [3.63, 3.8) is 0 Å². The van der Waals surface area contributed by atoms with Crippen molar-refractivity contribution in [1.82, 2.24) is 5.32 Å². The number of aliphatic hydroxyl groups is 3. The predicted octanol–water partition coefficient (Wildman–Crippen LogP) is 3.97. The van der Waals surface area contributed by atoms with Crippen molar-refractivity contribution in [2.24, 2.45) is 52.3 Å². The van der Waals surface area contributed by atoms with E-state index >= 15 is 0 Å². The summed E-state index contributed by atoms with van der Waals surface area (Å²) in [5, 5.41) is 37.1. The zero-order valence-electron chi connectivity index (χ0n) is 20.3. The Morgan fingerprint density at radius 1 is 0.903 bits per heavy atom. The van der Waals surface area contributed by atoms with Crippen molar-refractivity contribution < 1.29 is 15.3 Å². The molecule has 5 fully saturated rings. The molecule has 1 heterocycles. The molecule has 31 heavy (non-hydrogen) atoms. The second-order valence-electron chi connectivity index (χ2n) is 13.2. The van der Waals surface area contributed by atoms with Crippen LogP contribution in [0.1, 0.15) is 85.5 Å².